The molecule has 1 aliphatic rings. The third-order valence-corrected chi connectivity index (χ3v) is 2.64. The maximum absolute atomic E-state index is 11.6. The zero-order chi connectivity index (χ0) is 11.3. The highest BCUT2D eigenvalue weighted by Crippen LogP contribution is 2.30. The largest absolute Gasteiger partial charge is 0.463 e. The van der Waals surface area contributed by atoms with E-state index in [4.69, 9.17) is 4.74 Å². The normalized spacial score (nSPS) is 19.7. The molecule has 1 unspecified atom stereocenters. The summed E-state index contributed by atoms with van der Waals surface area (Å²) < 4.78 is 5.03. The fraction of sp³-hybridized carbons (Fsp3) is 0.615. The molecular formula is C13H20O2. The summed E-state index contributed by atoms with van der Waals surface area (Å²) in [6.07, 6.45) is 7.28. The van der Waals surface area contributed by atoms with Crippen molar-refractivity contribution < 1.29 is 9.53 Å². The summed E-state index contributed by atoms with van der Waals surface area (Å²) in [6, 6.07) is 0. The molecule has 0 fully saturated rings. The molecule has 0 heterocycles. The second kappa shape index (κ2) is 5.74. The van der Waals surface area contributed by atoms with Crippen molar-refractivity contribution in [3.05, 3.63) is 23.3 Å². The minimum Gasteiger partial charge on any atom is -0.463 e. The van der Waals surface area contributed by atoms with Gasteiger partial charge in [-0.1, -0.05) is 17.7 Å². The monoisotopic (exact) mass is 208 g/mol. The van der Waals surface area contributed by atoms with E-state index in [1.807, 2.05) is 13.0 Å². The fourth-order valence-electron chi connectivity index (χ4n) is 1.85. The van der Waals surface area contributed by atoms with Crippen LogP contribution in [0.15, 0.2) is 23.3 Å². The minimum absolute atomic E-state index is 0.123. The Bertz CT molecular complexity index is 283. The number of hydrogen-bond acceptors (Lipinski definition) is 2. The van der Waals surface area contributed by atoms with Crippen LogP contribution in [0, 0.1) is 5.92 Å². The average Bonchev–Trinajstić information content (AvgIpc) is 2.62. The van der Waals surface area contributed by atoms with E-state index >= 15 is 0 Å². The Morgan fingerprint density at radius 1 is 1.60 bits per heavy atom. The molecule has 0 saturated heterocycles. The summed E-state index contributed by atoms with van der Waals surface area (Å²) in [5.41, 5.74) is 2.19. The molecule has 0 amide bonds. The Morgan fingerprint density at radius 2 is 2.33 bits per heavy atom. The highest BCUT2D eigenvalue weighted by Gasteiger charge is 2.24. The number of hydrogen-bond donors (Lipinski definition) is 0. The Balaban J connectivity index is 2.56. The van der Waals surface area contributed by atoms with Gasteiger partial charge in [0.15, 0.2) is 0 Å². The molecule has 2 nitrogen and oxygen atoms in total. The lowest BCUT2D eigenvalue weighted by Crippen LogP contribution is -2.12. The average molecular weight is 208 g/mol. The number of allylic oxidation sites excluding steroid dienone is 3. The van der Waals surface area contributed by atoms with Gasteiger partial charge in [-0.15, -0.1) is 0 Å². The molecule has 0 N–H and O–H groups in total. The predicted molar refractivity (Wildman–Crippen MR) is 61.5 cm³/mol. The van der Waals surface area contributed by atoms with Crippen molar-refractivity contribution in [3.8, 4) is 0 Å². The summed E-state index contributed by atoms with van der Waals surface area (Å²) in [5.74, 6) is 0.251. The molecular weight excluding hydrogens is 188 g/mol. The Hall–Kier alpha value is -1.05. The highest BCUT2D eigenvalue weighted by molar-refractivity contribution is 5.89. The molecule has 1 aliphatic carbocycles. The molecule has 0 aliphatic heterocycles. The second-order valence-electron chi connectivity index (χ2n) is 4.17. The maximum atomic E-state index is 11.6. The van der Waals surface area contributed by atoms with E-state index in [9.17, 15) is 4.79 Å². The third-order valence-electron chi connectivity index (χ3n) is 2.64. The lowest BCUT2D eigenvalue weighted by Gasteiger charge is -2.11. The molecule has 0 aromatic carbocycles. The van der Waals surface area contributed by atoms with E-state index < -0.39 is 0 Å². The van der Waals surface area contributed by atoms with Crippen LogP contribution in [0.5, 0.6) is 0 Å². The summed E-state index contributed by atoms with van der Waals surface area (Å²) in [5, 5.41) is 0. The quantitative estimate of drug-likeness (QED) is 0.523. The van der Waals surface area contributed by atoms with Crippen molar-refractivity contribution in [2.24, 2.45) is 5.92 Å². The number of carbonyl (C=O) groups is 1. The van der Waals surface area contributed by atoms with Crippen LogP contribution in [0.25, 0.3) is 0 Å². The number of esters is 1. The standard InChI is InChI=1S/C13H20O2/c1-4-15-13(14)12-7-5-6-11(12)9-8-10(2)3/h7-8,11H,4-6,9H2,1-3H3. The molecule has 0 aromatic heterocycles. The number of ether oxygens (including phenoxy) is 1. The van der Waals surface area contributed by atoms with E-state index in [2.05, 4.69) is 19.9 Å². The van der Waals surface area contributed by atoms with Gasteiger partial charge in [0.25, 0.3) is 0 Å². The van der Waals surface area contributed by atoms with Gasteiger partial charge in [-0.2, -0.15) is 0 Å². The van der Waals surface area contributed by atoms with Gasteiger partial charge in [-0.05, 0) is 46.0 Å². The molecule has 0 aromatic rings. The summed E-state index contributed by atoms with van der Waals surface area (Å²) in [6.45, 7) is 6.48. The van der Waals surface area contributed by atoms with Crippen molar-refractivity contribution in [3.63, 3.8) is 0 Å². The van der Waals surface area contributed by atoms with Crippen LogP contribution in [0.3, 0.4) is 0 Å². The van der Waals surface area contributed by atoms with E-state index in [1.54, 1.807) is 0 Å². The van der Waals surface area contributed by atoms with E-state index in [0.717, 1.165) is 24.8 Å². The van der Waals surface area contributed by atoms with Crippen molar-refractivity contribution in [2.45, 2.75) is 40.0 Å². The summed E-state index contributed by atoms with van der Waals surface area (Å²) >= 11 is 0. The number of carbonyl (C=O) groups excluding carboxylic acids is 1. The van der Waals surface area contributed by atoms with Crippen LogP contribution in [-0.2, 0) is 9.53 Å². The van der Waals surface area contributed by atoms with E-state index in [-0.39, 0.29) is 5.97 Å². The third kappa shape index (κ3) is 3.54. The molecule has 0 saturated carbocycles. The van der Waals surface area contributed by atoms with Crippen LogP contribution in [0.2, 0.25) is 0 Å². The zero-order valence-corrected chi connectivity index (χ0v) is 9.88. The summed E-state index contributed by atoms with van der Waals surface area (Å²) in [4.78, 5) is 11.6. The van der Waals surface area contributed by atoms with Crippen molar-refractivity contribution in [1.82, 2.24) is 0 Å². The Labute approximate surface area is 92.0 Å². The van der Waals surface area contributed by atoms with Gasteiger partial charge < -0.3 is 4.74 Å². The fourth-order valence-corrected chi connectivity index (χ4v) is 1.85. The van der Waals surface area contributed by atoms with Gasteiger partial charge in [-0.25, -0.2) is 4.79 Å². The molecule has 1 atom stereocenters. The van der Waals surface area contributed by atoms with Gasteiger partial charge >= 0.3 is 5.97 Å². The van der Waals surface area contributed by atoms with Gasteiger partial charge in [-0.3, -0.25) is 0 Å². The molecule has 2 heteroatoms. The molecule has 84 valence electrons. The van der Waals surface area contributed by atoms with E-state index in [1.165, 1.54) is 5.57 Å². The highest BCUT2D eigenvalue weighted by atomic mass is 16.5. The number of rotatable bonds is 4. The summed E-state index contributed by atoms with van der Waals surface area (Å²) in [7, 11) is 0. The zero-order valence-electron chi connectivity index (χ0n) is 9.88. The smallest absolute Gasteiger partial charge is 0.333 e. The second-order valence-corrected chi connectivity index (χ2v) is 4.17. The first-order valence-electron chi connectivity index (χ1n) is 5.65. The Morgan fingerprint density at radius 3 is 2.93 bits per heavy atom. The van der Waals surface area contributed by atoms with Gasteiger partial charge in [0.1, 0.15) is 0 Å². The van der Waals surface area contributed by atoms with Crippen molar-refractivity contribution in [2.75, 3.05) is 6.61 Å². The van der Waals surface area contributed by atoms with Gasteiger partial charge in [0, 0.05) is 5.57 Å². The first-order chi connectivity index (χ1) is 7.15. The van der Waals surface area contributed by atoms with Crippen LogP contribution in [0.1, 0.15) is 40.0 Å². The molecule has 0 spiro atoms. The predicted octanol–water partition coefficient (Wildman–Crippen LogP) is 3.24. The van der Waals surface area contributed by atoms with Crippen LogP contribution in [-0.4, -0.2) is 12.6 Å². The molecule has 0 radical (unpaired) electrons. The van der Waals surface area contributed by atoms with Crippen LogP contribution < -0.4 is 0 Å². The maximum Gasteiger partial charge on any atom is 0.333 e. The first-order valence-corrected chi connectivity index (χ1v) is 5.65. The molecule has 15 heavy (non-hydrogen) atoms. The topological polar surface area (TPSA) is 26.3 Å². The van der Waals surface area contributed by atoms with Gasteiger partial charge in [0.05, 0.1) is 6.61 Å². The minimum atomic E-state index is -0.123. The lowest BCUT2D eigenvalue weighted by molar-refractivity contribution is -0.139. The SMILES string of the molecule is CCOC(=O)C1=CCCC1CC=C(C)C. The van der Waals surface area contributed by atoms with Gasteiger partial charge in [0.2, 0.25) is 0 Å². The molecule has 1 rings (SSSR count). The van der Waals surface area contributed by atoms with Crippen LogP contribution in [0.4, 0.5) is 0 Å². The lowest BCUT2D eigenvalue weighted by atomic mass is 9.97. The van der Waals surface area contributed by atoms with Crippen molar-refractivity contribution in [1.29, 1.82) is 0 Å². The van der Waals surface area contributed by atoms with Crippen LogP contribution >= 0.6 is 0 Å². The van der Waals surface area contributed by atoms with Crippen molar-refractivity contribution >= 4 is 5.97 Å². The molecule has 0 bridgehead atoms. The Kier molecular flexibility index (Phi) is 4.60. The first kappa shape index (κ1) is 12.0. The van der Waals surface area contributed by atoms with E-state index in [0.29, 0.717) is 12.5 Å².